The van der Waals surface area contributed by atoms with E-state index in [2.05, 4.69) is 10.5 Å². The number of benzene rings is 1. The molecular weight excluding hydrogens is 256 g/mol. The van der Waals surface area contributed by atoms with Crippen molar-refractivity contribution in [2.24, 2.45) is 0 Å². The Bertz CT molecular complexity index is 621. The van der Waals surface area contributed by atoms with E-state index in [0.29, 0.717) is 17.9 Å². The van der Waals surface area contributed by atoms with E-state index in [1.54, 1.807) is 6.92 Å². The van der Waals surface area contributed by atoms with Crippen LogP contribution in [0.3, 0.4) is 0 Å². The van der Waals surface area contributed by atoms with Crippen LogP contribution < -0.4 is 10.1 Å². The Balaban J connectivity index is 1.84. The molecule has 1 amide bonds. The van der Waals surface area contributed by atoms with E-state index in [1.807, 2.05) is 24.3 Å². The molecule has 0 saturated carbocycles. The number of para-hydroxylation sites is 1. The van der Waals surface area contributed by atoms with Crippen molar-refractivity contribution in [3.8, 4) is 5.75 Å². The Labute approximate surface area is 116 Å². The van der Waals surface area contributed by atoms with Gasteiger partial charge in [-0.2, -0.15) is 0 Å². The largest absolute Gasteiger partial charge is 0.493 e. The molecule has 1 aliphatic rings. The number of rotatable bonds is 2. The Morgan fingerprint density at radius 2 is 2.25 bits per heavy atom. The zero-order valence-electron chi connectivity index (χ0n) is 11.3. The minimum atomic E-state index is -0.162. The van der Waals surface area contributed by atoms with Crippen molar-refractivity contribution in [3.05, 3.63) is 47.3 Å². The summed E-state index contributed by atoms with van der Waals surface area (Å²) in [5.74, 6) is 0.683. The number of aryl methyl sites for hydroxylation is 1. The molecule has 104 valence electrons. The normalized spacial score (nSPS) is 17.8. The molecule has 0 unspecified atom stereocenters. The Kier molecular flexibility index (Phi) is 3.41. The molecule has 5 heteroatoms. The van der Waals surface area contributed by atoms with Crippen LogP contribution in [0.5, 0.6) is 5.75 Å². The average Bonchev–Trinajstić information content (AvgIpc) is 2.78. The zero-order valence-corrected chi connectivity index (χ0v) is 11.3. The monoisotopic (exact) mass is 272 g/mol. The van der Waals surface area contributed by atoms with E-state index in [4.69, 9.17) is 9.26 Å². The molecule has 1 N–H and O–H groups in total. The van der Waals surface area contributed by atoms with Gasteiger partial charge in [-0.05, 0) is 25.8 Å². The fourth-order valence-electron chi connectivity index (χ4n) is 2.42. The zero-order chi connectivity index (χ0) is 13.9. The maximum Gasteiger partial charge on any atom is 0.256 e. The van der Waals surface area contributed by atoms with Crippen LogP contribution in [0, 0.1) is 6.92 Å². The first-order valence-corrected chi connectivity index (χ1v) is 6.69. The third-order valence-corrected chi connectivity index (χ3v) is 3.49. The maximum absolute atomic E-state index is 12.3. The van der Waals surface area contributed by atoms with Gasteiger partial charge in [-0.25, -0.2) is 0 Å². The van der Waals surface area contributed by atoms with Crippen molar-refractivity contribution in [3.63, 3.8) is 0 Å². The molecule has 20 heavy (non-hydrogen) atoms. The summed E-state index contributed by atoms with van der Waals surface area (Å²) in [6.45, 7) is 2.43. The topological polar surface area (TPSA) is 64.4 Å². The van der Waals surface area contributed by atoms with Gasteiger partial charge in [0.15, 0.2) is 0 Å². The average molecular weight is 272 g/mol. The van der Waals surface area contributed by atoms with Crippen LogP contribution in [0.1, 0.15) is 40.5 Å². The number of fused-ring (bicyclic) bond motifs is 1. The predicted octanol–water partition coefficient (Wildman–Crippen LogP) is 2.63. The van der Waals surface area contributed by atoms with Crippen molar-refractivity contribution in [2.75, 3.05) is 6.61 Å². The molecule has 3 rings (SSSR count). The van der Waals surface area contributed by atoms with Gasteiger partial charge in [0, 0.05) is 5.56 Å². The molecule has 1 aromatic carbocycles. The molecule has 2 heterocycles. The molecule has 0 radical (unpaired) electrons. The summed E-state index contributed by atoms with van der Waals surface area (Å²) in [5, 5.41) is 6.77. The van der Waals surface area contributed by atoms with Gasteiger partial charge in [0.2, 0.25) is 0 Å². The molecule has 0 spiro atoms. The van der Waals surface area contributed by atoms with Crippen molar-refractivity contribution >= 4 is 5.91 Å². The number of nitrogens with zero attached hydrogens (tertiary/aromatic N) is 1. The van der Waals surface area contributed by atoms with Crippen LogP contribution in [0.2, 0.25) is 0 Å². The van der Waals surface area contributed by atoms with Gasteiger partial charge in [0.25, 0.3) is 5.91 Å². The number of hydrogen-bond acceptors (Lipinski definition) is 4. The van der Waals surface area contributed by atoms with Gasteiger partial charge in [0.1, 0.15) is 17.6 Å². The molecule has 0 aliphatic carbocycles. The van der Waals surface area contributed by atoms with Gasteiger partial charge in [-0.1, -0.05) is 23.4 Å². The summed E-state index contributed by atoms with van der Waals surface area (Å²) in [7, 11) is 0. The molecule has 0 bridgehead atoms. The van der Waals surface area contributed by atoms with Gasteiger partial charge in [-0.3, -0.25) is 4.79 Å². The number of nitrogens with one attached hydrogen (secondary N) is 1. The quantitative estimate of drug-likeness (QED) is 0.912. The van der Waals surface area contributed by atoms with Gasteiger partial charge in [-0.15, -0.1) is 0 Å². The highest BCUT2D eigenvalue weighted by Crippen LogP contribution is 2.31. The molecule has 5 nitrogen and oxygen atoms in total. The first-order valence-electron chi connectivity index (χ1n) is 6.69. The van der Waals surface area contributed by atoms with Gasteiger partial charge in [0.05, 0.1) is 18.3 Å². The second-order valence-corrected chi connectivity index (χ2v) is 4.87. The second kappa shape index (κ2) is 5.36. The minimum Gasteiger partial charge on any atom is -0.493 e. The third kappa shape index (κ3) is 2.39. The molecular formula is C15H16N2O3. The number of aromatic nitrogens is 1. The predicted molar refractivity (Wildman–Crippen MR) is 72.6 cm³/mol. The van der Waals surface area contributed by atoms with Crippen LogP contribution in [-0.2, 0) is 0 Å². The summed E-state index contributed by atoms with van der Waals surface area (Å²) in [6, 6.07) is 7.77. The second-order valence-electron chi connectivity index (χ2n) is 4.87. The molecule has 2 aromatic rings. The Hall–Kier alpha value is -2.30. The summed E-state index contributed by atoms with van der Waals surface area (Å²) >= 11 is 0. The Morgan fingerprint density at radius 3 is 3.05 bits per heavy atom. The fourth-order valence-corrected chi connectivity index (χ4v) is 2.42. The molecule has 1 atom stereocenters. The minimum absolute atomic E-state index is 0.0458. The van der Waals surface area contributed by atoms with Gasteiger partial charge >= 0.3 is 0 Å². The van der Waals surface area contributed by atoms with Crippen molar-refractivity contribution in [2.45, 2.75) is 25.8 Å². The van der Waals surface area contributed by atoms with E-state index < -0.39 is 0 Å². The number of ether oxygens (including phenoxy) is 1. The highest BCUT2D eigenvalue weighted by Gasteiger charge is 2.23. The lowest BCUT2D eigenvalue weighted by Crippen LogP contribution is -2.28. The lowest BCUT2D eigenvalue weighted by Gasteiger charge is -2.17. The number of carbonyl (C=O) groups excluding carboxylic acids is 1. The smallest absolute Gasteiger partial charge is 0.256 e. The van der Waals surface area contributed by atoms with Crippen LogP contribution in [0.4, 0.5) is 0 Å². The number of hydrogen-bond donors (Lipinski definition) is 1. The van der Waals surface area contributed by atoms with Crippen LogP contribution in [-0.4, -0.2) is 17.7 Å². The summed E-state index contributed by atoms with van der Waals surface area (Å²) in [5.41, 5.74) is 2.10. The molecule has 0 saturated heterocycles. The number of amides is 1. The maximum atomic E-state index is 12.3. The highest BCUT2D eigenvalue weighted by atomic mass is 16.5. The summed E-state index contributed by atoms with van der Waals surface area (Å²) in [6.07, 6.45) is 3.14. The van der Waals surface area contributed by atoms with E-state index >= 15 is 0 Å². The standard InChI is InChI=1S/C15H16N2O3/c1-10-12(9-20-17-10)15(18)16-13-6-4-8-19-14-7-3-2-5-11(13)14/h2-3,5,7,9,13H,4,6,8H2,1H3,(H,16,18)/t13-/m0/s1. The third-order valence-electron chi connectivity index (χ3n) is 3.49. The summed E-state index contributed by atoms with van der Waals surface area (Å²) < 4.78 is 10.5. The van der Waals surface area contributed by atoms with Crippen LogP contribution in [0.15, 0.2) is 35.1 Å². The Morgan fingerprint density at radius 1 is 1.40 bits per heavy atom. The highest BCUT2D eigenvalue weighted by molar-refractivity contribution is 5.95. The molecule has 0 fully saturated rings. The van der Waals surface area contributed by atoms with Crippen molar-refractivity contribution < 1.29 is 14.1 Å². The van der Waals surface area contributed by atoms with E-state index in [1.165, 1.54) is 6.26 Å². The SMILES string of the molecule is Cc1nocc1C(=O)N[C@H]1CCCOc2ccccc21. The van der Waals surface area contributed by atoms with Crippen molar-refractivity contribution in [1.82, 2.24) is 10.5 Å². The fraction of sp³-hybridized carbons (Fsp3) is 0.333. The van der Waals surface area contributed by atoms with Gasteiger partial charge < -0.3 is 14.6 Å². The van der Waals surface area contributed by atoms with Crippen molar-refractivity contribution in [1.29, 1.82) is 0 Å². The van der Waals surface area contributed by atoms with E-state index in [0.717, 1.165) is 24.2 Å². The summed E-state index contributed by atoms with van der Waals surface area (Å²) in [4.78, 5) is 12.3. The van der Waals surface area contributed by atoms with Crippen LogP contribution >= 0.6 is 0 Å². The first-order chi connectivity index (χ1) is 9.75. The van der Waals surface area contributed by atoms with E-state index in [9.17, 15) is 4.79 Å². The molecule has 1 aromatic heterocycles. The number of carbonyl (C=O) groups is 1. The lowest BCUT2D eigenvalue weighted by atomic mass is 10.0. The van der Waals surface area contributed by atoms with Crippen LogP contribution in [0.25, 0.3) is 0 Å². The lowest BCUT2D eigenvalue weighted by molar-refractivity contribution is 0.0933. The molecule has 1 aliphatic heterocycles. The first kappa shape index (κ1) is 12.7. The van der Waals surface area contributed by atoms with E-state index in [-0.39, 0.29) is 11.9 Å².